The van der Waals surface area contributed by atoms with Gasteiger partial charge >= 0.3 is 6.03 Å². The average molecular weight is 293 g/mol. The molecule has 3 fully saturated rings. The Bertz CT molecular complexity index is 510. The molecule has 7 nitrogen and oxygen atoms in total. The van der Waals surface area contributed by atoms with E-state index < -0.39 is 29.3 Å². The van der Waals surface area contributed by atoms with E-state index in [1.165, 1.54) is 0 Å². The number of nitrogens with zero attached hydrogens (tertiary/aromatic N) is 1. The lowest BCUT2D eigenvalue weighted by Crippen LogP contribution is -2.68. The Morgan fingerprint density at radius 3 is 2.38 bits per heavy atom. The van der Waals surface area contributed by atoms with Gasteiger partial charge in [-0.15, -0.1) is 0 Å². The molecule has 21 heavy (non-hydrogen) atoms. The summed E-state index contributed by atoms with van der Waals surface area (Å²) in [5.41, 5.74) is -1.15. The van der Waals surface area contributed by atoms with E-state index in [4.69, 9.17) is 0 Å². The number of imide groups is 2. The molecule has 7 heteroatoms. The first-order valence-electron chi connectivity index (χ1n) is 7.53. The summed E-state index contributed by atoms with van der Waals surface area (Å²) >= 11 is 0. The Morgan fingerprint density at radius 1 is 1.00 bits per heavy atom. The van der Waals surface area contributed by atoms with Gasteiger partial charge in [0.2, 0.25) is 17.7 Å². The van der Waals surface area contributed by atoms with Crippen LogP contribution in [0.25, 0.3) is 0 Å². The molecule has 0 aromatic carbocycles. The second-order valence-electron chi connectivity index (χ2n) is 6.03. The van der Waals surface area contributed by atoms with E-state index in [0.717, 1.165) is 24.2 Å². The summed E-state index contributed by atoms with van der Waals surface area (Å²) in [6, 6.07) is -1.55. The predicted molar refractivity (Wildman–Crippen MR) is 71.9 cm³/mol. The highest BCUT2D eigenvalue weighted by Crippen LogP contribution is 2.41. The van der Waals surface area contributed by atoms with Crippen LogP contribution in [0.5, 0.6) is 0 Å². The topological polar surface area (TPSA) is 95.6 Å². The molecule has 2 saturated heterocycles. The predicted octanol–water partition coefficient (Wildman–Crippen LogP) is 0.294. The van der Waals surface area contributed by atoms with E-state index in [0.29, 0.717) is 32.2 Å². The first-order valence-corrected chi connectivity index (χ1v) is 7.53. The van der Waals surface area contributed by atoms with E-state index in [-0.39, 0.29) is 5.91 Å². The normalized spacial score (nSPS) is 29.3. The van der Waals surface area contributed by atoms with Gasteiger partial charge in [-0.1, -0.05) is 19.3 Å². The monoisotopic (exact) mass is 293 g/mol. The summed E-state index contributed by atoms with van der Waals surface area (Å²) in [5, 5.41) is 4.96. The van der Waals surface area contributed by atoms with Gasteiger partial charge in [0.05, 0.1) is 0 Å². The van der Waals surface area contributed by atoms with Gasteiger partial charge < -0.3 is 5.32 Å². The van der Waals surface area contributed by atoms with Crippen molar-refractivity contribution in [3.63, 3.8) is 0 Å². The summed E-state index contributed by atoms with van der Waals surface area (Å²) < 4.78 is 0. The first kappa shape index (κ1) is 14.0. The highest BCUT2D eigenvalue weighted by Gasteiger charge is 2.56. The molecule has 2 aliphatic heterocycles. The largest absolute Gasteiger partial charge is 0.354 e. The highest BCUT2D eigenvalue weighted by atomic mass is 16.2. The van der Waals surface area contributed by atoms with Crippen LogP contribution in [-0.2, 0) is 14.4 Å². The number of rotatable bonds is 1. The molecule has 0 aromatic rings. The SMILES string of the molecule is O=C1NCCCC1N1C(=O)NC(=O)C2(CCCCC2)C1=O. The summed E-state index contributed by atoms with van der Waals surface area (Å²) in [5.74, 6) is -1.30. The van der Waals surface area contributed by atoms with Crippen LogP contribution in [0.4, 0.5) is 4.79 Å². The van der Waals surface area contributed by atoms with Crippen molar-refractivity contribution in [3.05, 3.63) is 0 Å². The van der Waals surface area contributed by atoms with Crippen molar-refractivity contribution in [2.45, 2.75) is 51.0 Å². The van der Waals surface area contributed by atoms with Crippen molar-refractivity contribution in [1.29, 1.82) is 0 Å². The van der Waals surface area contributed by atoms with Crippen molar-refractivity contribution < 1.29 is 19.2 Å². The smallest absolute Gasteiger partial charge is 0.331 e. The van der Waals surface area contributed by atoms with Gasteiger partial charge in [-0.2, -0.15) is 0 Å². The lowest BCUT2D eigenvalue weighted by molar-refractivity contribution is -0.158. The minimum Gasteiger partial charge on any atom is -0.354 e. The van der Waals surface area contributed by atoms with Gasteiger partial charge in [0.15, 0.2) is 0 Å². The van der Waals surface area contributed by atoms with E-state index in [2.05, 4.69) is 10.6 Å². The molecular weight excluding hydrogens is 274 g/mol. The van der Waals surface area contributed by atoms with E-state index in [1.54, 1.807) is 0 Å². The number of urea groups is 1. The van der Waals surface area contributed by atoms with Gasteiger partial charge in [-0.3, -0.25) is 24.6 Å². The zero-order chi connectivity index (χ0) is 15.0. The number of carbonyl (C=O) groups excluding carboxylic acids is 4. The molecule has 2 N–H and O–H groups in total. The Kier molecular flexibility index (Phi) is 3.43. The third-order valence-electron chi connectivity index (χ3n) is 4.78. The number of barbiturate groups is 1. The van der Waals surface area contributed by atoms with Gasteiger partial charge in [0, 0.05) is 6.54 Å². The Morgan fingerprint density at radius 2 is 1.71 bits per heavy atom. The second kappa shape index (κ2) is 5.13. The van der Waals surface area contributed by atoms with Crippen LogP contribution >= 0.6 is 0 Å². The number of hydrogen-bond donors (Lipinski definition) is 2. The van der Waals surface area contributed by atoms with Gasteiger partial charge in [0.25, 0.3) is 0 Å². The summed E-state index contributed by atoms with van der Waals surface area (Å²) in [4.78, 5) is 50.1. The van der Waals surface area contributed by atoms with Crippen molar-refractivity contribution >= 4 is 23.8 Å². The minimum atomic E-state index is -1.15. The average Bonchev–Trinajstić information content (AvgIpc) is 2.48. The fourth-order valence-corrected chi connectivity index (χ4v) is 3.58. The molecule has 1 spiro atoms. The number of amides is 5. The number of carbonyl (C=O) groups is 4. The molecule has 1 saturated carbocycles. The van der Waals surface area contributed by atoms with Crippen LogP contribution < -0.4 is 10.6 Å². The molecule has 0 radical (unpaired) electrons. The van der Waals surface area contributed by atoms with Gasteiger partial charge in [-0.25, -0.2) is 4.79 Å². The number of hydrogen-bond acceptors (Lipinski definition) is 4. The molecule has 3 aliphatic rings. The molecular formula is C14H19N3O4. The molecule has 114 valence electrons. The van der Waals surface area contributed by atoms with Gasteiger partial charge in [0.1, 0.15) is 11.5 Å². The van der Waals surface area contributed by atoms with Crippen LogP contribution in [0.15, 0.2) is 0 Å². The zero-order valence-electron chi connectivity index (χ0n) is 11.8. The Balaban J connectivity index is 1.92. The van der Waals surface area contributed by atoms with Crippen LogP contribution in [0.1, 0.15) is 44.9 Å². The standard InChI is InChI=1S/C14H19N3O4/c18-10-9(5-4-8-15-10)17-12(20)14(6-2-1-3-7-14)11(19)16-13(17)21/h9H,1-8H2,(H,15,18)(H,16,19,21). The van der Waals surface area contributed by atoms with Crippen molar-refractivity contribution in [2.24, 2.45) is 5.41 Å². The molecule has 0 bridgehead atoms. The lowest BCUT2D eigenvalue weighted by Gasteiger charge is -2.44. The fourth-order valence-electron chi connectivity index (χ4n) is 3.58. The Labute approximate surface area is 122 Å². The summed E-state index contributed by atoms with van der Waals surface area (Å²) in [6.45, 7) is 0.559. The maximum atomic E-state index is 12.8. The molecule has 2 heterocycles. The zero-order valence-corrected chi connectivity index (χ0v) is 11.8. The minimum absolute atomic E-state index is 0.315. The van der Waals surface area contributed by atoms with Crippen molar-refractivity contribution in [2.75, 3.05) is 6.54 Å². The van der Waals surface area contributed by atoms with E-state index in [9.17, 15) is 19.2 Å². The maximum absolute atomic E-state index is 12.8. The molecule has 3 rings (SSSR count). The van der Waals surface area contributed by atoms with E-state index >= 15 is 0 Å². The van der Waals surface area contributed by atoms with Crippen LogP contribution in [0, 0.1) is 5.41 Å². The van der Waals surface area contributed by atoms with E-state index in [1.807, 2.05) is 0 Å². The number of nitrogens with one attached hydrogen (secondary N) is 2. The molecule has 1 unspecified atom stereocenters. The molecule has 0 aromatic heterocycles. The highest BCUT2D eigenvalue weighted by molar-refractivity contribution is 6.20. The quantitative estimate of drug-likeness (QED) is 0.679. The van der Waals surface area contributed by atoms with Crippen molar-refractivity contribution in [1.82, 2.24) is 15.5 Å². The molecule has 1 atom stereocenters. The van der Waals surface area contributed by atoms with Crippen LogP contribution in [0.3, 0.4) is 0 Å². The van der Waals surface area contributed by atoms with Crippen molar-refractivity contribution in [3.8, 4) is 0 Å². The van der Waals surface area contributed by atoms with Gasteiger partial charge in [-0.05, 0) is 25.7 Å². The molecule has 5 amide bonds. The lowest BCUT2D eigenvalue weighted by atomic mass is 9.71. The first-order chi connectivity index (χ1) is 10.1. The fraction of sp³-hybridized carbons (Fsp3) is 0.714. The number of piperidine rings is 1. The third kappa shape index (κ3) is 2.11. The molecule has 1 aliphatic carbocycles. The van der Waals surface area contributed by atoms with Crippen LogP contribution in [0.2, 0.25) is 0 Å². The Hall–Kier alpha value is -1.92. The maximum Gasteiger partial charge on any atom is 0.331 e. The summed E-state index contributed by atoms with van der Waals surface area (Å²) in [6.07, 6.45) is 4.64. The second-order valence-corrected chi connectivity index (χ2v) is 6.03. The third-order valence-corrected chi connectivity index (χ3v) is 4.78. The summed E-state index contributed by atoms with van der Waals surface area (Å²) in [7, 11) is 0. The van der Waals surface area contributed by atoms with Crippen LogP contribution in [-0.4, -0.2) is 41.2 Å².